The van der Waals surface area contributed by atoms with Gasteiger partial charge in [-0.1, -0.05) is 0 Å². The van der Waals surface area contributed by atoms with Gasteiger partial charge in [-0.15, -0.1) is 11.3 Å². The highest BCUT2D eigenvalue weighted by molar-refractivity contribution is 9.11. The zero-order chi connectivity index (χ0) is 13.9. The Labute approximate surface area is 127 Å². The van der Waals surface area contributed by atoms with E-state index in [-0.39, 0.29) is 0 Å². The van der Waals surface area contributed by atoms with Crippen molar-refractivity contribution in [1.82, 2.24) is 10.0 Å². The topological polar surface area (TPSA) is 58.2 Å². The lowest BCUT2D eigenvalue weighted by Crippen LogP contribution is -2.29. The maximum atomic E-state index is 10.9. The van der Waals surface area contributed by atoms with Crippen LogP contribution >= 0.6 is 27.3 Å². The van der Waals surface area contributed by atoms with E-state index < -0.39 is 10.0 Å². The van der Waals surface area contributed by atoms with Crippen molar-refractivity contribution in [1.29, 1.82) is 0 Å². The minimum Gasteiger partial charge on any atom is -0.310 e. The van der Waals surface area contributed by atoms with Crippen molar-refractivity contribution < 1.29 is 8.42 Å². The largest absolute Gasteiger partial charge is 0.310 e. The van der Waals surface area contributed by atoms with E-state index in [9.17, 15) is 8.42 Å². The Bertz CT molecular complexity index is 528. The fourth-order valence-electron chi connectivity index (χ4n) is 2.36. The minimum atomic E-state index is -3.06. The molecule has 0 saturated heterocycles. The molecule has 0 fully saturated rings. The second-order valence-electron chi connectivity index (χ2n) is 4.85. The summed E-state index contributed by atoms with van der Waals surface area (Å²) in [5.41, 5.74) is 1.42. The van der Waals surface area contributed by atoms with Crippen molar-refractivity contribution in [3.63, 3.8) is 0 Å². The predicted molar refractivity (Wildman–Crippen MR) is 83.2 cm³/mol. The number of aryl methyl sites for hydroxylation is 1. The monoisotopic (exact) mass is 366 g/mol. The average Bonchev–Trinajstić information content (AvgIpc) is 2.68. The lowest BCUT2D eigenvalue weighted by molar-refractivity contribution is 0.459. The number of rotatable bonds is 6. The normalized spacial score (nSPS) is 19.4. The summed E-state index contributed by atoms with van der Waals surface area (Å²) in [5, 5.41) is 3.53. The maximum absolute atomic E-state index is 10.9. The number of fused-ring (bicyclic) bond motifs is 1. The third-order valence-corrected chi connectivity index (χ3v) is 5.63. The fourth-order valence-corrected chi connectivity index (χ4v) is 4.69. The van der Waals surface area contributed by atoms with Gasteiger partial charge in [-0.3, -0.25) is 0 Å². The van der Waals surface area contributed by atoms with E-state index in [2.05, 4.69) is 32.0 Å². The lowest BCUT2D eigenvalue weighted by atomic mass is 9.94. The smallest absolute Gasteiger partial charge is 0.208 e. The molecule has 19 heavy (non-hydrogen) atoms. The van der Waals surface area contributed by atoms with Gasteiger partial charge in [0.25, 0.3) is 0 Å². The van der Waals surface area contributed by atoms with E-state index in [1.807, 2.05) is 11.3 Å². The van der Waals surface area contributed by atoms with Gasteiger partial charge in [0.15, 0.2) is 0 Å². The first-order valence-corrected chi connectivity index (χ1v) is 9.92. The minimum absolute atomic E-state index is 0.421. The Morgan fingerprint density at radius 2 is 2.26 bits per heavy atom. The van der Waals surface area contributed by atoms with Crippen LogP contribution in [0.5, 0.6) is 0 Å². The van der Waals surface area contributed by atoms with Crippen LogP contribution in [0, 0.1) is 0 Å². The molecule has 0 aromatic carbocycles. The first-order chi connectivity index (χ1) is 8.96. The van der Waals surface area contributed by atoms with E-state index in [0.29, 0.717) is 12.6 Å². The molecule has 2 rings (SSSR count). The molecule has 1 atom stereocenters. The van der Waals surface area contributed by atoms with Crippen molar-refractivity contribution in [2.45, 2.75) is 31.7 Å². The molecule has 4 nitrogen and oxygen atoms in total. The van der Waals surface area contributed by atoms with Gasteiger partial charge in [0.1, 0.15) is 0 Å². The summed E-state index contributed by atoms with van der Waals surface area (Å²) in [6.07, 6.45) is 5.56. The van der Waals surface area contributed by atoms with Crippen molar-refractivity contribution in [3.8, 4) is 0 Å². The van der Waals surface area contributed by atoms with Gasteiger partial charge < -0.3 is 5.32 Å². The molecular weight excluding hydrogens is 348 g/mol. The Hall–Kier alpha value is 0.0500. The molecule has 0 bridgehead atoms. The molecule has 2 N–H and O–H groups in total. The van der Waals surface area contributed by atoms with Crippen LogP contribution in [-0.4, -0.2) is 27.8 Å². The van der Waals surface area contributed by atoms with E-state index >= 15 is 0 Å². The average molecular weight is 367 g/mol. The molecule has 1 aliphatic rings. The number of thiophene rings is 1. The number of halogens is 1. The van der Waals surface area contributed by atoms with Crippen LogP contribution in [0.3, 0.4) is 0 Å². The summed E-state index contributed by atoms with van der Waals surface area (Å²) in [5.74, 6) is 0. The molecule has 0 saturated carbocycles. The molecule has 0 aliphatic heterocycles. The van der Waals surface area contributed by atoms with Crippen LogP contribution in [0.25, 0.3) is 0 Å². The van der Waals surface area contributed by atoms with Gasteiger partial charge in [0.2, 0.25) is 10.0 Å². The van der Waals surface area contributed by atoms with Crippen molar-refractivity contribution >= 4 is 37.3 Å². The molecule has 7 heteroatoms. The third kappa shape index (κ3) is 4.82. The maximum Gasteiger partial charge on any atom is 0.208 e. The summed E-state index contributed by atoms with van der Waals surface area (Å²) in [7, 11) is -3.06. The second-order valence-corrected chi connectivity index (χ2v) is 9.20. The van der Waals surface area contributed by atoms with E-state index in [4.69, 9.17) is 0 Å². The fraction of sp³-hybridized carbons (Fsp3) is 0.667. The summed E-state index contributed by atoms with van der Waals surface area (Å²) in [4.78, 5) is 1.48. The summed E-state index contributed by atoms with van der Waals surface area (Å²) >= 11 is 5.37. The highest BCUT2D eigenvalue weighted by Crippen LogP contribution is 2.37. The highest BCUT2D eigenvalue weighted by Gasteiger charge is 2.21. The number of hydrogen-bond acceptors (Lipinski definition) is 4. The Balaban J connectivity index is 1.78. The van der Waals surface area contributed by atoms with Crippen molar-refractivity contribution in [2.75, 3.05) is 19.3 Å². The van der Waals surface area contributed by atoms with Crippen LogP contribution < -0.4 is 10.0 Å². The Morgan fingerprint density at radius 1 is 1.47 bits per heavy atom. The quantitative estimate of drug-likeness (QED) is 0.760. The number of nitrogens with one attached hydrogen (secondary N) is 2. The molecule has 1 aromatic rings. The number of hydrogen-bond donors (Lipinski definition) is 2. The third-order valence-electron chi connectivity index (χ3n) is 3.19. The first kappa shape index (κ1) is 15.4. The van der Waals surface area contributed by atoms with E-state index in [1.54, 1.807) is 0 Å². The molecular formula is C12H19BrN2O2S2. The summed E-state index contributed by atoms with van der Waals surface area (Å²) in [6, 6.07) is 2.63. The molecule has 0 amide bonds. The molecule has 0 radical (unpaired) electrons. The second kappa shape index (κ2) is 6.67. The zero-order valence-electron chi connectivity index (χ0n) is 10.9. The molecule has 1 aliphatic carbocycles. The van der Waals surface area contributed by atoms with Crippen molar-refractivity contribution in [3.05, 3.63) is 20.3 Å². The molecule has 1 unspecified atom stereocenters. The first-order valence-electron chi connectivity index (χ1n) is 6.42. The molecule has 1 aromatic heterocycles. The van der Waals surface area contributed by atoms with Gasteiger partial charge in [0, 0.05) is 17.5 Å². The number of sulfonamides is 1. The summed E-state index contributed by atoms with van der Waals surface area (Å²) in [6.45, 7) is 1.33. The summed E-state index contributed by atoms with van der Waals surface area (Å²) < 4.78 is 25.6. The molecule has 0 spiro atoms. The predicted octanol–water partition coefficient (Wildman–Crippen LogP) is 2.42. The molecule has 108 valence electrons. The van der Waals surface area contributed by atoms with Crippen LogP contribution in [-0.2, 0) is 16.4 Å². The van der Waals surface area contributed by atoms with Gasteiger partial charge in [-0.05, 0) is 59.8 Å². The van der Waals surface area contributed by atoms with Gasteiger partial charge in [0.05, 0.1) is 10.0 Å². The zero-order valence-corrected chi connectivity index (χ0v) is 14.1. The van der Waals surface area contributed by atoms with Crippen LogP contribution in [0.1, 0.15) is 35.7 Å². The van der Waals surface area contributed by atoms with E-state index in [1.165, 1.54) is 33.3 Å². The lowest BCUT2D eigenvalue weighted by Gasteiger charge is -2.23. The standard InChI is InChI=1S/C12H19BrN2O2S2/c1-19(16,17)15-7-3-6-14-10-4-2-5-11-9(10)8-12(13)18-11/h8,10,14-15H,2-7H2,1H3. The SMILES string of the molecule is CS(=O)(=O)NCCCNC1CCCc2sc(Br)cc21. The van der Waals surface area contributed by atoms with Crippen LogP contribution in [0.2, 0.25) is 0 Å². The Kier molecular flexibility index (Phi) is 5.42. The van der Waals surface area contributed by atoms with Gasteiger partial charge >= 0.3 is 0 Å². The molecule has 1 heterocycles. The van der Waals surface area contributed by atoms with Gasteiger partial charge in [-0.2, -0.15) is 0 Å². The van der Waals surface area contributed by atoms with Crippen LogP contribution in [0.15, 0.2) is 9.85 Å². The van der Waals surface area contributed by atoms with Gasteiger partial charge in [-0.25, -0.2) is 13.1 Å². The highest BCUT2D eigenvalue weighted by atomic mass is 79.9. The Morgan fingerprint density at radius 3 is 3.00 bits per heavy atom. The van der Waals surface area contributed by atoms with Crippen LogP contribution in [0.4, 0.5) is 0 Å². The van der Waals surface area contributed by atoms with Crippen molar-refractivity contribution in [2.24, 2.45) is 0 Å². The van der Waals surface area contributed by atoms with E-state index in [0.717, 1.165) is 19.4 Å².